The van der Waals surface area contributed by atoms with Gasteiger partial charge in [0.25, 0.3) is 11.8 Å². The summed E-state index contributed by atoms with van der Waals surface area (Å²) in [5.41, 5.74) is 1.37. The second-order valence-corrected chi connectivity index (χ2v) is 5.72. The Kier molecular flexibility index (Phi) is 5.58. The molecule has 0 radical (unpaired) electrons. The van der Waals surface area contributed by atoms with Crippen LogP contribution >= 0.6 is 0 Å². The van der Waals surface area contributed by atoms with Crippen LogP contribution in [-0.4, -0.2) is 42.6 Å². The van der Waals surface area contributed by atoms with E-state index in [0.29, 0.717) is 25.4 Å². The van der Waals surface area contributed by atoms with Crippen LogP contribution in [0.1, 0.15) is 28.9 Å². The molecule has 0 unspecified atom stereocenters. The van der Waals surface area contributed by atoms with Crippen LogP contribution in [0.25, 0.3) is 0 Å². The third kappa shape index (κ3) is 3.62. The Morgan fingerprint density at radius 3 is 2.28 bits per heavy atom. The molecule has 2 aromatic carbocycles. The number of imide groups is 1. The van der Waals surface area contributed by atoms with Crippen LogP contribution in [0.3, 0.4) is 0 Å². The lowest BCUT2D eigenvalue weighted by Crippen LogP contribution is -2.62. The first kappa shape index (κ1) is 17.3. The third-order valence-corrected chi connectivity index (χ3v) is 4.16. The highest BCUT2D eigenvalue weighted by molar-refractivity contribution is 6.10. The highest BCUT2D eigenvalue weighted by Gasteiger charge is 2.52. The van der Waals surface area contributed by atoms with Gasteiger partial charge >= 0.3 is 0 Å². The van der Waals surface area contributed by atoms with E-state index < -0.39 is 12.1 Å². The molecule has 5 nitrogen and oxygen atoms in total. The van der Waals surface area contributed by atoms with Gasteiger partial charge in [0.05, 0.1) is 13.2 Å². The van der Waals surface area contributed by atoms with Gasteiger partial charge in [-0.1, -0.05) is 48.5 Å². The lowest BCUT2D eigenvalue weighted by Gasteiger charge is -2.45. The van der Waals surface area contributed by atoms with Gasteiger partial charge in [0.1, 0.15) is 6.04 Å². The van der Waals surface area contributed by atoms with E-state index in [1.165, 1.54) is 4.90 Å². The first-order chi connectivity index (χ1) is 12.2. The normalized spacial score (nSPS) is 19.6. The van der Waals surface area contributed by atoms with Gasteiger partial charge in [0.15, 0.2) is 6.10 Å². The number of carbonyl (C=O) groups excluding carboxylic acids is 2. The predicted molar refractivity (Wildman–Crippen MR) is 93.0 cm³/mol. The smallest absolute Gasteiger partial charge is 0.261 e. The molecule has 2 atom stereocenters. The van der Waals surface area contributed by atoms with Gasteiger partial charge < -0.3 is 9.47 Å². The molecule has 2 aromatic rings. The van der Waals surface area contributed by atoms with E-state index in [9.17, 15) is 9.59 Å². The lowest BCUT2D eigenvalue weighted by molar-refractivity contribution is -0.169. The summed E-state index contributed by atoms with van der Waals surface area (Å²) in [6.07, 6.45) is -0.657. The minimum atomic E-state index is -0.657. The highest BCUT2D eigenvalue weighted by Crippen LogP contribution is 2.38. The number of amides is 2. The summed E-state index contributed by atoms with van der Waals surface area (Å²) in [4.78, 5) is 26.6. The topological polar surface area (TPSA) is 55.8 Å². The highest BCUT2D eigenvalue weighted by atomic mass is 16.5. The van der Waals surface area contributed by atoms with Crippen molar-refractivity contribution in [1.82, 2.24) is 4.90 Å². The van der Waals surface area contributed by atoms with E-state index in [1.54, 1.807) is 24.3 Å². The number of nitrogens with zero attached hydrogens (tertiary/aromatic N) is 1. The Balaban J connectivity index is 1.80. The van der Waals surface area contributed by atoms with Crippen molar-refractivity contribution in [2.24, 2.45) is 0 Å². The van der Waals surface area contributed by atoms with Gasteiger partial charge in [-0.2, -0.15) is 0 Å². The molecule has 1 fully saturated rings. The Bertz CT molecular complexity index is 717. The number of benzene rings is 2. The van der Waals surface area contributed by atoms with Crippen molar-refractivity contribution < 1.29 is 19.1 Å². The predicted octanol–water partition coefficient (Wildman–Crippen LogP) is 2.83. The molecule has 0 spiro atoms. The molecule has 25 heavy (non-hydrogen) atoms. The van der Waals surface area contributed by atoms with Crippen LogP contribution in [0.5, 0.6) is 0 Å². The minimum Gasteiger partial charge on any atom is -0.379 e. The fourth-order valence-corrected chi connectivity index (χ4v) is 2.92. The molecule has 2 amide bonds. The van der Waals surface area contributed by atoms with Crippen molar-refractivity contribution >= 4 is 11.8 Å². The first-order valence-electron chi connectivity index (χ1n) is 8.40. The van der Waals surface area contributed by atoms with Crippen molar-refractivity contribution in [3.05, 3.63) is 71.8 Å². The fraction of sp³-hybridized carbons (Fsp3) is 0.300. The maximum atomic E-state index is 12.8. The summed E-state index contributed by atoms with van der Waals surface area (Å²) in [7, 11) is 0. The zero-order valence-corrected chi connectivity index (χ0v) is 14.1. The summed E-state index contributed by atoms with van der Waals surface area (Å²) >= 11 is 0. The average molecular weight is 339 g/mol. The number of ether oxygens (including phenoxy) is 2. The van der Waals surface area contributed by atoms with Crippen LogP contribution in [0.4, 0.5) is 0 Å². The monoisotopic (exact) mass is 339 g/mol. The minimum absolute atomic E-state index is 0.302. The van der Waals surface area contributed by atoms with E-state index in [-0.39, 0.29) is 11.8 Å². The molecule has 0 bridgehead atoms. The molecule has 1 aliphatic rings. The van der Waals surface area contributed by atoms with Crippen LogP contribution in [0, 0.1) is 0 Å². The van der Waals surface area contributed by atoms with Gasteiger partial charge in [0.2, 0.25) is 0 Å². The summed E-state index contributed by atoms with van der Waals surface area (Å²) in [5.74, 6) is -0.608. The summed E-state index contributed by atoms with van der Waals surface area (Å²) in [6.45, 7) is 3.25. The Labute approximate surface area is 147 Å². The molecule has 0 aromatic heterocycles. The molecule has 1 heterocycles. The molecule has 0 saturated carbocycles. The number of hydrogen-bond acceptors (Lipinski definition) is 4. The Morgan fingerprint density at radius 2 is 1.64 bits per heavy atom. The number of β-lactam (4-membered cyclic amide) rings is 1. The van der Waals surface area contributed by atoms with Crippen molar-refractivity contribution in [3.8, 4) is 0 Å². The first-order valence-corrected chi connectivity index (χ1v) is 8.40. The molecular formula is C20H21NO4. The van der Waals surface area contributed by atoms with Crippen molar-refractivity contribution in [3.63, 3.8) is 0 Å². The van der Waals surface area contributed by atoms with Gasteiger partial charge in [-0.05, 0) is 24.6 Å². The molecule has 130 valence electrons. The molecule has 5 heteroatoms. The van der Waals surface area contributed by atoms with Crippen LogP contribution in [0.15, 0.2) is 60.7 Å². The fourth-order valence-electron chi connectivity index (χ4n) is 2.92. The van der Waals surface area contributed by atoms with Gasteiger partial charge in [-0.15, -0.1) is 0 Å². The van der Waals surface area contributed by atoms with E-state index in [2.05, 4.69) is 0 Å². The van der Waals surface area contributed by atoms with Gasteiger partial charge in [-0.25, -0.2) is 0 Å². The molecule has 1 aliphatic heterocycles. The molecule has 0 N–H and O–H groups in total. The maximum absolute atomic E-state index is 12.8. The maximum Gasteiger partial charge on any atom is 0.261 e. The standard InChI is InChI=1S/C20H21NO4/c1-2-24-13-14-25-18-17(15-9-5-3-6-10-15)21(20(18)23)19(22)16-11-7-4-8-12-16/h3-12,17-18H,2,13-14H2,1H3/t17-,18+/m0/s1. The lowest BCUT2D eigenvalue weighted by atomic mass is 9.89. The van der Waals surface area contributed by atoms with E-state index in [1.807, 2.05) is 43.3 Å². The van der Waals surface area contributed by atoms with Crippen LogP contribution in [0.2, 0.25) is 0 Å². The van der Waals surface area contributed by atoms with Gasteiger partial charge in [0, 0.05) is 12.2 Å². The molecule has 3 rings (SSSR count). The van der Waals surface area contributed by atoms with Crippen molar-refractivity contribution in [1.29, 1.82) is 0 Å². The summed E-state index contributed by atoms with van der Waals surface area (Å²) in [5, 5.41) is 0. The average Bonchev–Trinajstić information content (AvgIpc) is 2.66. The Morgan fingerprint density at radius 1 is 1.00 bits per heavy atom. The number of carbonyl (C=O) groups is 2. The number of rotatable bonds is 7. The summed E-state index contributed by atoms with van der Waals surface area (Å²) in [6, 6.07) is 17.9. The third-order valence-electron chi connectivity index (χ3n) is 4.16. The number of hydrogen-bond donors (Lipinski definition) is 0. The SMILES string of the molecule is CCOCCO[C@H]1C(=O)N(C(=O)c2ccccc2)[C@H]1c1ccccc1. The van der Waals surface area contributed by atoms with Gasteiger partial charge in [-0.3, -0.25) is 14.5 Å². The Hall–Kier alpha value is -2.50. The zero-order chi connectivity index (χ0) is 17.6. The van der Waals surface area contributed by atoms with Crippen LogP contribution < -0.4 is 0 Å². The quantitative estimate of drug-likeness (QED) is 0.442. The van der Waals surface area contributed by atoms with E-state index in [0.717, 1.165) is 5.56 Å². The van der Waals surface area contributed by atoms with Crippen LogP contribution in [-0.2, 0) is 14.3 Å². The second kappa shape index (κ2) is 8.05. The van der Waals surface area contributed by atoms with Crippen molar-refractivity contribution in [2.75, 3.05) is 19.8 Å². The largest absolute Gasteiger partial charge is 0.379 e. The zero-order valence-electron chi connectivity index (χ0n) is 14.1. The van der Waals surface area contributed by atoms with Crippen molar-refractivity contribution in [2.45, 2.75) is 19.1 Å². The molecule has 0 aliphatic carbocycles. The van der Waals surface area contributed by atoms with E-state index >= 15 is 0 Å². The molecular weight excluding hydrogens is 318 g/mol. The molecule has 1 saturated heterocycles. The summed E-state index contributed by atoms with van der Waals surface area (Å²) < 4.78 is 11.0. The van der Waals surface area contributed by atoms with E-state index in [4.69, 9.17) is 9.47 Å². The second-order valence-electron chi connectivity index (χ2n) is 5.72. The number of likely N-dealkylation sites (tertiary alicyclic amines) is 1.